The van der Waals surface area contributed by atoms with Gasteiger partial charge in [0.05, 0.1) is 5.92 Å². The van der Waals surface area contributed by atoms with Crippen molar-refractivity contribution >= 4 is 5.97 Å². The highest BCUT2D eigenvalue weighted by Gasteiger charge is 2.26. The van der Waals surface area contributed by atoms with Crippen molar-refractivity contribution < 1.29 is 9.90 Å². The van der Waals surface area contributed by atoms with Crippen LogP contribution in [0.2, 0.25) is 0 Å². The van der Waals surface area contributed by atoms with Crippen molar-refractivity contribution in [2.45, 2.75) is 38.0 Å². The summed E-state index contributed by atoms with van der Waals surface area (Å²) < 4.78 is 0. The number of carbonyl (C=O) groups is 1. The second-order valence-corrected chi connectivity index (χ2v) is 5.14. The summed E-state index contributed by atoms with van der Waals surface area (Å²) in [5.41, 5.74) is 8.25. The van der Waals surface area contributed by atoms with Crippen LogP contribution in [0, 0.1) is 5.92 Å². The van der Waals surface area contributed by atoms with Crippen molar-refractivity contribution in [1.29, 1.82) is 0 Å². The fraction of sp³-hybridized carbons (Fsp3) is 0.533. The summed E-state index contributed by atoms with van der Waals surface area (Å²) in [6, 6.07) is 8.44. The van der Waals surface area contributed by atoms with Crippen LogP contribution in [0.15, 0.2) is 24.3 Å². The van der Waals surface area contributed by atoms with Crippen LogP contribution >= 0.6 is 0 Å². The van der Waals surface area contributed by atoms with E-state index in [1.54, 1.807) is 0 Å². The summed E-state index contributed by atoms with van der Waals surface area (Å²) >= 11 is 0. The second kappa shape index (κ2) is 6.01. The van der Waals surface area contributed by atoms with Crippen molar-refractivity contribution in [2.24, 2.45) is 11.7 Å². The van der Waals surface area contributed by atoms with Gasteiger partial charge in [0, 0.05) is 0 Å². The van der Waals surface area contributed by atoms with Crippen LogP contribution in [0.5, 0.6) is 0 Å². The van der Waals surface area contributed by atoms with E-state index < -0.39 is 5.97 Å². The second-order valence-electron chi connectivity index (χ2n) is 5.14. The van der Waals surface area contributed by atoms with E-state index in [1.807, 2.05) is 0 Å². The molecule has 1 aliphatic rings. The topological polar surface area (TPSA) is 63.3 Å². The zero-order valence-electron chi connectivity index (χ0n) is 10.6. The first-order chi connectivity index (χ1) is 8.72. The Balaban J connectivity index is 2.12. The average molecular weight is 247 g/mol. The molecule has 0 aromatic heterocycles. The molecule has 2 atom stereocenters. The average Bonchev–Trinajstić information content (AvgIpc) is 2.38. The standard InChI is InChI=1S/C15H21NO2/c16-9-8-13(15(17)18)10-12-6-3-5-11-4-1-2-7-14(11)12/h1-2,4,7,12-13H,3,5-6,8-10,16H2,(H,17,18). The minimum atomic E-state index is -0.705. The SMILES string of the molecule is NCCC(CC1CCCc2ccccc21)C(=O)O. The van der Waals surface area contributed by atoms with Gasteiger partial charge in [-0.25, -0.2) is 0 Å². The Morgan fingerprint density at radius 1 is 1.44 bits per heavy atom. The van der Waals surface area contributed by atoms with Gasteiger partial charge in [-0.1, -0.05) is 24.3 Å². The first-order valence-electron chi connectivity index (χ1n) is 6.73. The molecule has 2 unspecified atom stereocenters. The molecule has 3 nitrogen and oxygen atoms in total. The van der Waals surface area contributed by atoms with Gasteiger partial charge in [-0.05, 0) is 55.7 Å². The number of hydrogen-bond donors (Lipinski definition) is 2. The van der Waals surface area contributed by atoms with E-state index in [0.29, 0.717) is 18.9 Å². The first-order valence-corrected chi connectivity index (χ1v) is 6.73. The van der Waals surface area contributed by atoms with E-state index in [2.05, 4.69) is 24.3 Å². The molecule has 98 valence electrons. The number of aryl methyl sites for hydroxylation is 1. The highest BCUT2D eigenvalue weighted by Crippen LogP contribution is 2.36. The number of hydrogen-bond acceptors (Lipinski definition) is 2. The summed E-state index contributed by atoms with van der Waals surface area (Å²) in [5, 5.41) is 9.23. The molecule has 0 saturated carbocycles. The molecule has 2 rings (SSSR count). The molecule has 0 spiro atoms. The van der Waals surface area contributed by atoms with Crippen LogP contribution in [0.4, 0.5) is 0 Å². The predicted molar refractivity (Wildman–Crippen MR) is 71.5 cm³/mol. The van der Waals surface area contributed by atoms with Crippen molar-refractivity contribution in [2.75, 3.05) is 6.54 Å². The summed E-state index contributed by atoms with van der Waals surface area (Å²) in [7, 11) is 0. The fourth-order valence-corrected chi connectivity index (χ4v) is 2.99. The van der Waals surface area contributed by atoms with E-state index in [9.17, 15) is 9.90 Å². The lowest BCUT2D eigenvalue weighted by Crippen LogP contribution is -2.22. The molecular formula is C15H21NO2. The van der Waals surface area contributed by atoms with Gasteiger partial charge >= 0.3 is 5.97 Å². The highest BCUT2D eigenvalue weighted by atomic mass is 16.4. The normalized spacial score (nSPS) is 20.2. The third kappa shape index (κ3) is 2.91. The molecule has 0 radical (unpaired) electrons. The molecule has 3 N–H and O–H groups in total. The zero-order valence-corrected chi connectivity index (χ0v) is 10.6. The monoisotopic (exact) mass is 247 g/mol. The summed E-state index contributed by atoms with van der Waals surface area (Å²) in [6.07, 6.45) is 4.70. The molecule has 1 aromatic carbocycles. The number of carboxylic acid groups (broad SMARTS) is 1. The zero-order chi connectivity index (χ0) is 13.0. The van der Waals surface area contributed by atoms with Gasteiger partial charge in [-0.3, -0.25) is 4.79 Å². The largest absolute Gasteiger partial charge is 0.481 e. The fourth-order valence-electron chi connectivity index (χ4n) is 2.99. The Kier molecular flexibility index (Phi) is 4.37. The van der Waals surface area contributed by atoms with Crippen LogP contribution in [-0.2, 0) is 11.2 Å². The molecule has 0 bridgehead atoms. The lowest BCUT2D eigenvalue weighted by Gasteiger charge is -2.27. The molecule has 0 heterocycles. The number of aliphatic carboxylic acids is 1. The lowest BCUT2D eigenvalue weighted by molar-refractivity contribution is -0.142. The minimum Gasteiger partial charge on any atom is -0.481 e. The van der Waals surface area contributed by atoms with Gasteiger partial charge in [0.2, 0.25) is 0 Å². The smallest absolute Gasteiger partial charge is 0.306 e. The number of fused-ring (bicyclic) bond motifs is 1. The van der Waals surface area contributed by atoms with Crippen LogP contribution in [0.25, 0.3) is 0 Å². The third-order valence-corrected chi connectivity index (χ3v) is 3.93. The van der Waals surface area contributed by atoms with Crippen molar-refractivity contribution in [3.63, 3.8) is 0 Å². The Morgan fingerprint density at radius 3 is 2.94 bits per heavy atom. The maximum atomic E-state index is 11.2. The Morgan fingerprint density at radius 2 is 2.22 bits per heavy atom. The highest BCUT2D eigenvalue weighted by molar-refractivity contribution is 5.70. The molecule has 1 aromatic rings. The Labute approximate surface area is 108 Å². The maximum Gasteiger partial charge on any atom is 0.306 e. The minimum absolute atomic E-state index is 0.300. The Bertz CT molecular complexity index is 417. The molecule has 1 aliphatic carbocycles. The quantitative estimate of drug-likeness (QED) is 0.840. The Hall–Kier alpha value is -1.35. The van der Waals surface area contributed by atoms with E-state index in [-0.39, 0.29) is 5.92 Å². The van der Waals surface area contributed by atoms with Crippen LogP contribution in [0.1, 0.15) is 42.7 Å². The summed E-state index contributed by atoms with van der Waals surface area (Å²) in [6.45, 7) is 0.450. The van der Waals surface area contributed by atoms with E-state index in [1.165, 1.54) is 11.1 Å². The van der Waals surface area contributed by atoms with Crippen LogP contribution in [0.3, 0.4) is 0 Å². The third-order valence-electron chi connectivity index (χ3n) is 3.93. The number of rotatable bonds is 5. The first kappa shape index (κ1) is 13.1. The molecule has 3 heteroatoms. The number of nitrogens with two attached hydrogens (primary N) is 1. The maximum absolute atomic E-state index is 11.2. The van der Waals surface area contributed by atoms with Gasteiger partial charge in [0.1, 0.15) is 0 Å². The lowest BCUT2D eigenvalue weighted by atomic mass is 9.77. The van der Waals surface area contributed by atoms with Crippen molar-refractivity contribution in [3.8, 4) is 0 Å². The van der Waals surface area contributed by atoms with Crippen LogP contribution in [-0.4, -0.2) is 17.6 Å². The van der Waals surface area contributed by atoms with Gasteiger partial charge in [-0.15, -0.1) is 0 Å². The van der Waals surface area contributed by atoms with E-state index >= 15 is 0 Å². The molecule has 0 fully saturated rings. The van der Waals surface area contributed by atoms with Gasteiger partial charge in [0.25, 0.3) is 0 Å². The predicted octanol–water partition coefficient (Wildman–Crippen LogP) is 2.55. The van der Waals surface area contributed by atoms with Crippen LogP contribution < -0.4 is 5.73 Å². The van der Waals surface area contributed by atoms with Gasteiger partial charge in [-0.2, -0.15) is 0 Å². The number of benzene rings is 1. The molecule has 0 amide bonds. The van der Waals surface area contributed by atoms with Gasteiger partial charge in [0.15, 0.2) is 0 Å². The van der Waals surface area contributed by atoms with Crippen molar-refractivity contribution in [3.05, 3.63) is 35.4 Å². The molecular weight excluding hydrogens is 226 g/mol. The number of carboxylic acids is 1. The molecule has 18 heavy (non-hydrogen) atoms. The van der Waals surface area contributed by atoms with Gasteiger partial charge < -0.3 is 10.8 Å². The molecule has 0 saturated heterocycles. The summed E-state index contributed by atoms with van der Waals surface area (Å²) in [5.74, 6) is -0.614. The van der Waals surface area contributed by atoms with Crippen molar-refractivity contribution in [1.82, 2.24) is 0 Å². The molecule has 0 aliphatic heterocycles. The van der Waals surface area contributed by atoms with E-state index in [0.717, 1.165) is 25.7 Å². The summed E-state index contributed by atoms with van der Waals surface area (Å²) in [4.78, 5) is 11.2. The van der Waals surface area contributed by atoms with E-state index in [4.69, 9.17) is 5.73 Å².